The fourth-order valence-corrected chi connectivity index (χ4v) is 3.58. The summed E-state index contributed by atoms with van der Waals surface area (Å²) in [6, 6.07) is 0.773. The molecule has 0 spiro atoms. The Morgan fingerprint density at radius 3 is 2.65 bits per heavy atom. The number of hydrogen-bond donors (Lipinski definition) is 1. The highest BCUT2D eigenvalue weighted by molar-refractivity contribution is 5.84. The molecule has 116 valence electrons. The van der Waals surface area contributed by atoms with E-state index in [1.165, 1.54) is 25.8 Å². The number of amides is 1. The van der Waals surface area contributed by atoms with E-state index in [0.717, 1.165) is 38.4 Å². The van der Waals surface area contributed by atoms with Crippen molar-refractivity contribution in [2.75, 3.05) is 19.6 Å². The van der Waals surface area contributed by atoms with Crippen molar-refractivity contribution < 1.29 is 4.79 Å². The van der Waals surface area contributed by atoms with Crippen molar-refractivity contribution in [3.05, 3.63) is 0 Å². The lowest BCUT2D eigenvalue weighted by Gasteiger charge is -2.34. The zero-order valence-electron chi connectivity index (χ0n) is 13.4. The molecule has 4 heteroatoms. The Morgan fingerprint density at radius 2 is 2.00 bits per heavy atom. The maximum atomic E-state index is 12.3. The molecule has 3 atom stereocenters. The van der Waals surface area contributed by atoms with Crippen LogP contribution in [0.4, 0.5) is 0 Å². The van der Waals surface area contributed by atoms with Crippen LogP contribution in [-0.2, 0) is 4.79 Å². The zero-order chi connectivity index (χ0) is 14.5. The maximum absolute atomic E-state index is 12.3. The lowest BCUT2D eigenvalue weighted by molar-refractivity contribution is -0.130. The number of carbonyl (C=O) groups excluding carboxylic acids is 1. The normalized spacial score (nSPS) is 32.0. The molecule has 0 aliphatic carbocycles. The van der Waals surface area contributed by atoms with Gasteiger partial charge in [-0.15, -0.1) is 0 Å². The molecule has 0 aromatic heterocycles. The van der Waals surface area contributed by atoms with Crippen LogP contribution in [0.2, 0.25) is 0 Å². The number of carbonyl (C=O) groups is 1. The van der Waals surface area contributed by atoms with E-state index in [4.69, 9.17) is 0 Å². The third kappa shape index (κ3) is 3.53. The summed E-state index contributed by atoms with van der Waals surface area (Å²) in [6.45, 7) is 9.86. The van der Waals surface area contributed by atoms with Crippen molar-refractivity contribution in [3.63, 3.8) is 0 Å². The first kappa shape index (κ1) is 15.8. The minimum absolute atomic E-state index is 0.0499. The van der Waals surface area contributed by atoms with Crippen LogP contribution in [0.5, 0.6) is 0 Å². The molecule has 0 aromatic carbocycles. The molecular weight excluding hydrogens is 250 g/mol. The Morgan fingerprint density at radius 1 is 1.20 bits per heavy atom. The van der Waals surface area contributed by atoms with Gasteiger partial charge >= 0.3 is 0 Å². The van der Waals surface area contributed by atoms with Crippen LogP contribution in [0.3, 0.4) is 0 Å². The lowest BCUT2D eigenvalue weighted by Crippen LogP contribution is -2.41. The number of nitrogens with zero attached hydrogens (tertiary/aromatic N) is 2. The van der Waals surface area contributed by atoms with Crippen molar-refractivity contribution in [3.8, 4) is 0 Å². The van der Waals surface area contributed by atoms with E-state index in [2.05, 4.69) is 35.9 Å². The maximum Gasteiger partial charge on any atom is 0.241 e. The van der Waals surface area contributed by atoms with E-state index in [0.29, 0.717) is 5.91 Å². The van der Waals surface area contributed by atoms with Gasteiger partial charge in [0, 0.05) is 19.1 Å². The Balaban J connectivity index is 1.78. The standard InChI is InChI=1S/C16H31N3O/c1-4-14-16(20)19(15(5-2)17-14)12-8-11-18-10-7-6-9-13(18)3/h13-15,17H,4-12H2,1-3H3. The highest BCUT2D eigenvalue weighted by atomic mass is 16.2. The van der Waals surface area contributed by atoms with E-state index in [-0.39, 0.29) is 12.2 Å². The Kier molecular flexibility index (Phi) is 5.85. The van der Waals surface area contributed by atoms with Crippen molar-refractivity contribution >= 4 is 5.91 Å². The summed E-state index contributed by atoms with van der Waals surface area (Å²) in [5.74, 6) is 0.311. The van der Waals surface area contributed by atoms with E-state index >= 15 is 0 Å². The molecular formula is C16H31N3O. The van der Waals surface area contributed by atoms with Crippen LogP contribution in [0.25, 0.3) is 0 Å². The number of hydrogen-bond acceptors (Lipinski definition) is 3. The van der Waals surface area contributed by atoms with Crippen LogP contribution >= 0.6 is 0 Å². The summed E-state index contributed by atoms with van der Waals surface area (Å²) >= 11 is 0. The van der Waals surface area contributed by atoms with Gasteiger partial charge in [-0.2, -0.15) is 0 Å². The van der Waals surface area contributed by atoms with Crippen molar-refractivity contribution in [1.82, 2.24) is 15.1 Å². The summed E-state index contributed by atoms with van der Waals surface area (Å²) in [7, 11) is 0. The first-order valence-corrected chi connectivity index (χ1v) is 8.48. The van der Waals surface area contributed by atoms with E-state index < -0.39 is 0 Å². The topological polar surface area (TPSA) is 35.6 Å². The second-order valence-corrected chi connectivity index (χ2v) is 6.32. The highest BCUT2D eigenvalue weighted by Crippen LogP contribution is 2.18. The van der Waals surface area contributed by atoms with Gasteiger partial charge in [-0.05, 0) is 45.6 Å². The molecule has 0 bridgehead atoms. The quantitative estimate of drug-likeness (QED) is 0.811. The smallest absolute Gasteiger partial charge is 0.241 e. The van der Waals surface area contributed by atoms with Gasteiger partial charge < -0.3 is 9.80 Å². The monoisotopic (exact) mass is 281 g/mol. The van der Waals surface area contributed by atoms with Gasteiger partial charge in [0.25, 0.3) is 0 Å². The molecule has 2 aliphatic heterocycles. The minimum Gasteiger partial charge on any atom is -0.326 e. The zero-order valence-corrected chi connectivity index (χ0v) is 13.4. The molecule has 2 rings (SSSR count). The molecule has 2 fully saturated rings. The number of piperidine rings is 1. The number of nitrogens with one attached hydrogen (secondary N) is 1. The number of rotatable bonds is 6. The minimum atomic E-state index is 0.0499. The van der Waals surface area contributed by atoms with E-state index in [1.807, 2.05) is 0 Å². The molecule has 1 N–H and O–H groups in total. The second kappa shape index (κ2) is 7.41. The van der Waals surface area contributed by atoms with Crippen LogP contribution in [0.1, 0.15) is 59.3 Å². The Labute approximate surface area is 123 Å². The SMILES string of the molecule is CCC1NC(CC)N(CCCN2CCCCC2C)C1=O. The van der Waals surface area contributed by atoms with E-state index in [9.17, 15) is 4.79 Å². The summed E-state index contributed by atoms with van der Waals surface area (Å²) in [5.41, 5.74) is 0. The van der Waals surface area contributed by atoms with Gasteiger partial charge in [0.1, 0.15) is 0 Å². The highest BCUT2D eigenvalue weighted by Gasteiger charge is 2.36. The van der Waals surface area contributed by atoms with Crippen LogP contribution in [0.15, 0.2) is 0 Å². The molecule has 2 aliphatic rings. The average Bonchev–Trinajstić information content (AvgIpc) is 2.77. The fourth-order valence-electron chi connectivity index (χ4n) is 3.58. The molecule has 2 heterocycles. The van der Waals surface area contributed by atoms with Gasteiger partial charge in [-0.3, -0.25) is 10.1 Å². The predicted octanol–water partition coefficient (Wildman–Crippen LogP) is 2.20. The molecule has 20 heavy (non-hydrogen) atoms. The first-order valence-electron chi connectivity index (χ1n) is 8.48. The van der Waals surface area contributed by atoms with Crippen LogP contribution < -0.4 is 5.32 Å². The van der Waals surface area contributed by atoms with Crippen molar-refractivity contribution in [2.45, 2.75) is 77.5 Å². The summed E-state index contributed by atoms with van der Waals surface area (Å²) in [6.07, 6.45) is 7.31. The van der Waals surface area contributed by atoms with Crippen LogP contribution in [0, 0.1) is 0 Å². The largest absolute Gasteiger partial charge is 0.326 e. The van der Waals surface area contributed by atoms with Gasteiger partial charge in [0.2, 0.25) is 5.91 Å². The fraction of sp³-hybridized carbons (Fsp3) is 0.938. The summed E-state index contributed by atoms with van der Waals surface area (Å²) < 4.78 is 0. The van der Waals surface area contributed by atoms with Gasteiger partial charge in [0.15, 0.2) is 0 Å². The molecule has 0 radical (unpaired) electrons. The Hall–Kier alpha value is -0.610. The number of likely N-dealkylation sites (tertiary alicyclic amines) is 1. The molecule has 1 amide bonds. The Bertz CT molecular complexity index is 321. The van der Waals surface area contributed by atoms with Gasteiger partial charge in [-0.1, -0.05) is 20.3 Å². The predicted molar refractivity (Wildman–Crippen MR) is 82.5 cm³/mol. The van der Waals surface area contributed by atoms with Gasteiger partial charge in [0.05, 0.1) is 12.2 Å². The second-order valence-electron chi connectivity index (χ2n) is 6.32. The summed E-state index contributed by atoms with van der Waals surface area (Å²) in [4.78, 5) is 17.0. The average molecular weight is 281 g/mol. The third-order valence-electron chi connectivity index (χ3n) is 4.93. The molecule has 3 unspecified atom stereocenters. The van der Waals surface area contributed by atoms with Crippen molar-refractivity contribution in [1.29, 1.82) is 0 Å². The molecule has 0 aromatic rings. The molecule has 0 saturated carbocycles. The van der Waals surface area contributed by atoms with Gasteiger partial charge in [-0.25, -0.2) is 0 Å². The van der Waals surface area contributed by atoms with E-state index in [1.54, 1.807) is 0 Å². The third-order valence-corrected chi connectivity index (χ3v) is 4.93. The molecule has 4 nitrogen and oxygen atoms in total. The van der Waals surface area contributed by atoms with Crippen LogP contribution in [-0.4, -0.2) is 53.6 Å². The summed E-state index contributed by atoms with van der Waals surface area (Å²) in [5, 5.41) is 3.45. The van der Waals surface area contributed by atoms with Crippen molar-refractivity contribution in [2.24, 2.45) is 0 Å². The lowest BCUT2D eigenvalue weighted by atomic mass is 10.0. The first-order chi connectivity index (χ1) is 9.67. The molecule has 2 saturated heterocycles.